The molecule has 0 aliphatic rings. The molecule has 0 fully saturated rings. The van der Waals surface area contributed by atoms with Crippen LogP contribution in [0.25, 0.3) is 0 Å². The highest BCUT2D eigenvalue weighted by Crippen LogP contribution is 2.16. The molecule has 1 rings (SSSR count). The first kappa shape index (κ1) is 23.9. The molecule has 0 aliphatic carbocycles. The number of anilines is 1. The van der Waals surface area contributed by atoms with Crippen LogP contribution in [0.2, 0.25) is 0 Å². The predicted octanol–water partition coefficient (Wildman–Crippen LogP) is 8.39. The molecule has 0 bridgehead atoms. The Morgan fingerprint density at radius 3 is 1.56 bits per heavy atom. The fourth-order valence-electron chi connectivity index (χ4n) is 3.43. The van der Waals surface area contributed by atoms with E-state index in [1.54, 1.807) is 12.1 Å². The van der Waals surface area contributed by atoms with Crippen LogP contribution in [0.5, 0.6) is 5.75 Å². The Labute approximate surface area is 173 Å². The number of aromatic hydroxyl groups is 1. The second kappa shape index (κ2) is 17.0. The molecule has 0 saturated heterocycles. The van der Waals surface area contributed by atoms with Crippen molar-refractivity contribution in [3.05, 3.63) is 24.3 Å². The van der Waals surface area contributed by atoms with Gasteiger partial charge >= 0.3 is 0 Å². The third-order valence-corrected chi connectivity index (χ3v) is 5.46. The Hall–Kier alpha value is -1.09. The molecule has 2 nitrogen and oxygen atoms in total. The van der Waals surface area contributed by atoms with Gasteiger partial charge in [-0.3, -0.25) is 0 Å². The van der Waals surface area contributed by atoms with Crippen molar-refractivity contribution in [2.75, 3.05) is 5.32 Å². The van der Waals surface area contributed by atoms with E-state index < -0.39 is 0 Å². The van der Waals surface area contributed by atoms with Crippen LogP contribution in [0, 0.1) is 0 Å². The predicted molar refractivity (Wildman–Crippen MR) is 124 cm³/mol. The zero-order valence-electron chi connectivity index (χ0n) is 17.5. The molecule has 3 heteroatoms. The first-order chi connectivity index (χ1) is 13.2. The van der Waals surface area contributed by atoms with Gasteiger partial charge in [0, 0.05) is 5.69 Å². The molecule has 154 valence electrons. The van der Waals surface area contributed by atoms with Gasteiger partial charge in [0.25, 0.3) is 0 Å². The van der Waals surface area contributed by atoms with Crippen molar-refractivity contribution in [3.8, 4) is 5.75 Å². The lowest BCUT2D eigenvalue weighted by atomic mass is 10.0. The molecule has 0 heterocycles. The summed E-state index contributed by atoms with van der Waals surface area (Å²) in [6.07, 6.45) is 21.8. The minimum Gasteiger partial charge on any atom is -0.508 e. The molecule has 0 amide bonds. The van der Waals surface area contributed by atoms with Gasteiger partial charge in [-0.05, 0) is 37.1 Å². The standard InChI is InChI=1S/C24H41NOS/c1-2-3-4-5-6-7-8-9-10-11-12-13-14-15-16-17-24(27)25-22-18-20-23(26)21-19-22/h18-21,26H,2-17H2,1H3,(H,25,27). The highest BCUT2D eigenvalue weighted by molar-refractivity contribution is 7.80. The molecule has 0 unspecified atom stereocenters. The van der Waals surface area contributed by atoms with Crippen molar-refractivity contribution >= 4 is 22.9 Å². The number of phenolic OH excluding ortho intramolecular Hbond substituents is 1. The Balaban J connectivity index is 1.81. The van der Waals surface area contributed by atoms with Crippen LogP contribution < -0.4 is 5.32 Å². The molecule has 1 aromatic rings. The van der Waals surface area contributed by atoms with E-state index in [0.29, 0.717) is 0 Å². The zero-order valence-corrected chi connectivity index (χ0v) is 18.3. The lowest BCUT2D eigenvalue weighted by molar-refractivity contribution is 0.475. The Morgan fingerprint density at radius 1 is 0.704 bits per heavy atom. The first-order valence-electron chi connectivity index (χ1n) is 11.3. The van der Waals surface area contributed by atoms with Crippen molar-refractivity contribution in [1.29, 1.82) is 0 Å². The Kier molecular flexibility index (Phi) is 15.1. The summed E-state index contributed by atoms with van der Waals surface area (Å²) >= 11 is 5.39. The summed E-state index contributed by atoms with van der Waals surface area (Å²) < 4.78 is 0. The molecule has 0 spiro atoms. The second-order valence-electron chi connectivity index (χ2n) is 7.79. The first-order valence-corrected chi connectivity index (χ1v) is 11.7. The van der Waals surface area contributed by atoms with Crippen LogP contribution in [0.3, 0.4) is 0 Å². The number of benzene rings is 1. The molecular formula is C24H41NOS. The second-order valence-corrected chi connectivity index (χ2v) is 8.29. The van der Waals surface area contributed by atoms with Gasteiger partial charge in [0.05, 0.1) is 4.99 Å². The van der Waals surface area contributed by atoms with E-state index in [0.717, 1.165) is 17.1 Å². The lowest BCUT2D eigenvalue weighted by Gasteiger charge is -2.08. The summed E-state index contributed by atoms with van der Waals surface area (Å²) in [5, 5.41) is 12.5. The van der Waals surface area contributed by atoms with Crippen molar-refractivity contribution in [2.45, 2.75) is 110 Å². The van der Waals surface area contributed by atoms with Crippen LogP contribution in [0.15, 0.2) is 24.3 Å². The average molecular weight is 392 g/mol. The number of phenols is 1. The van der Waals surface area contributed by atoms with E-state index in [1.165, 1.54) is 96.3 Å². The van der Waals surface area contributed by atoms with Gasteiger partial charge in [-0.2, -0.15) is 0 Å². The van der Waals surface area contributed by atoms with E-state index in [-0.39, 0.29) is 5.75 Å². The van der Waals surface area contributed by atoms with Gasteiger partial charge in [-0.15, -0.1) is 0 Å². The molecule has 0 radical (unpaired) electrons. The molecule has 0 atom stereocenters. The number of thiocarbonyl (C=S) groups is 1. The maximum atomic E-state index is 9.28. The van der Waals surface area contributed by atoms with E-state index in [1.807, 2.05) is 12.1 Å². The molecule has 2 N–H and O–H groups in total. The van der Waals surface area contributed by atoms with Crippen LogP contribution in [0.1, 0.15) is 110 Å². The molecule has 1 aromatic carbocycles. The average Bonchev–Trinajstić information content (AvgIpc) is 2.66. The molecular weight excluding hydrogens is 350 g/mol. The smallest absolute Gasteiger partial charge is 0.115 e. The maximum Gasteiger partial charge on any atom is 0.115 e. The fourth-order valence-corrected chi connectivity index (χ4v) is 3.69. The van der Waals surface area contributed by atoms with E-state index >= 15 is 0 Å². The Bertz CT molecular complexity index is 472. The quantitative estimate of drug-likeness (QED) is 0.159. The highest BCUT2D eigenvalue weighted by atomic mass is 32.1. The topological polar surface area (TPSA) is 32.3 Å². The highest BCUT2D eigenvalue weighted by Gasteiger charge is 1.99. The van der Waals surface area contributed by atoms with Gasteiger partial charge in [0.1, 0.15) is 5.75 Å². The lowest BCUT2D eigenvalue weighted by Crippen LogP contribution is -2.08. The number of rotatable bonds is 17. The maximum absolute atomic E-state index is 9.28. The number of nitrogens with one attached hydrogen (secondary N) is 1. The fraction of sp³-hybridized carbons (Fsp3) is 0.708. The van der Waals surface area contributed by atoms with Gasteiger partial charge < -0.3 is 10.4 Å². The Morgan fingerprint density at radius 2 is 1.11 bits per heavy atom. The number of hydrogen-bond acceptors (Lipinski definition) is 2. The van der Waals surface area contributed by atoms with Gasteiger partial charge in [0.15, 0.2) is 0 Å². The van der Waals surface area contributed by atoms with E-state index in [4.69, 9.17) is 12.2 Å². The summed E-state index contributed by atoms with van der Waals surface area (Å²) in [5.74, 6) is 0.286. The monoisotopic (exact) mass is 391 g/mol. The molecule has 27 heavy (non-hydrogen) atoms. The summed E-state index contributed by atoms with van der Waals surface area (Å²) in [6, 6.07) is 7.07. The largest absolute Gasteiger partial charge is 0.508 e. The molecule has 0 aliphatic heterocycles. The number of hydrogen-bond donors (Lipinski definition) is 2. The summed E-state index contributed by atoms with van der Waals surface area (Å²) in [6.45, 7) is 2.28. The van der Waals surface area contributed by atoms with Crippen molar-refractivity contribution in [1.82, 2.24) is 0 Å². The van der Waals surface area contributed by atoms with Crippen LogP contribution in [-0.4, -0.2) is 10.1 Å². The van der Waals surface area contributed by atoms with Gasteiger partial charge in [-0.1, -0.05) is 109 Å². The SMILES string of the molecule is CCCCCCCCCCCCCCCCCC(=S)Nc1ccc(O)cc1. The summed E-state index contributed by atoms with van der Waals surface area (Å²) in [4.78, 5) is 0.899. The zero-order chi connectivity index (χ0) is 19.6. The van der Waals surface area contributed by atoms with Crippen LogP contribution >= 0.6 is 12.2 Å². The minimum atomic E-state index is 0.286. The van der Waals surface area contributed by atoms with Crippen molar-refractivity contribution in [3.63, 3.8) is 0 Å². The van der Waals surface area contributed by atoms with Gasteiger partial charge in [0.2, 0.25) is 0 Å². The van der Waals surface area contributed by atoms with Gasteiger partial charge in [-0.25, -0.2) is 0 Å². The third kappa shape index (κ3) is 14.6. The third-order valence-electron chi connectivity index (χ3n) is 5.16. The minimum absolute atomic E-state index is 0.286. The molecule has 0 saturated carbocycles. The van der Waals surface area contributed by atoms with Crippen LogP contribution in [-0.2, 0) is 0 Å². The van der Waals surface area contributed by atoms with Crippen molar-refractivity contribution in [2.24, 2.45) is 0 Å². The summed E-state index contributed by atoms with van der Waals surface area (Å²) in [7, 11) is 0. The van der Waals surface area contributed by atoms with Crippen molar-refractivity contribution < 1.29 is 5.11 Å². The van der Waals surface area contributed by atoms with Crippen LogP contribution in [0.4, 0.5) is 5.69 Å². The summed E-state index contributed by atoms with van der Waals surface area (Å²) in [5.41, 5.74) is 0.957. The van der Waals surface area contributed by atoms with E-state index in [2.05, 4.69) is 12.2 Å². The van der Waals surface area contributed by atoms with E-state index in [9.17, 15) is 5.11 Å². The number of unbranched alkanes of at least 4 members (excludes halogenated alkanes) is 14. The normalized spacial score (nSPS) is 10.9. The molecule has 0 aromatic heterocycles.